The number of nitrogens with zero attached hydrogens (tertiary/aromatic N) is 5. The number of hydrogen-bond acceptors (Lipinski definition) is 5. The lowest BCUT2D eigenvalue weighted by atomic mass is 10.1. The number of carbonyl (C=O) groups is 1. The third-order valence-corrected chi connectivity index (χ3v) is 5.70. The quantitative estimate of drug-likeness (QED) is 0.585. The van der Waals surface area contributed by atoms with Crippen LogP contribution in [0.4, 0.5) is 0 Å². The predicted molar refractivity (Wildman–Crippen MR) is 99.3 cm³/mol. The minimum Gasteiger partial charge on any atom is -0.459 e. The fourth-order valence-electron chi connectivity index (χ4n) is 4.14. The Hall–Kier alpha value is -2.06. The van der Waals surface area contributed by atoms with Gasteiger partial charge in [0.05, 0.1) is 6.26 Å². The predicted octanol–water partition coefficient (Wildman–Crippen LogP) is -0.387. The van der Waals surface area contributed by atoms with E-state index < -0.39 is 0 Å². The summed E-state index contributed by atoms with van der Waals surface area (Å²) in [7, 11) is 1.83. The fraction of sp³-hybridized carbons (Fsp3) is 0.667. The number of amides is 1. The maximum atomic E-state index is 12.4. The van der Waals surface area contributed by atoms with Gasteiger partial charge in [-0.25, -0.2) is 0 Å². The summed E-state index contributed by atoms with van der Waals surface area (Å²) in [5.74, 6) is 1.32. The van der Waals surface area contributed by atoms with Gasteiger partial charge < -0.3 is 19.5 Å². The van der Waals surface area contributed by atoms with Crippen LogP contribution in [0.25, 0.3) is 0 Å². The summed E-state index contributed by atoms with van der Waals surface area (Å²) in [5, 5.41) is 3.55. The summed E-state index contributed by atoms with van der Waals surface area (Å²) >= 11 is 0. The second-order valence-corrected chi connectivity index (χ2v) is 7.18. The second-order valence-electron chi connectivity index (χ2n) is 7.18. The fourth-order valence-corrected chi connectivity index (χ4v) is 4.14. The summed E-state index contributed by atoms with van der Waals surface area (Å²) in [6, 6.07) is 4.04. The molecule has 0 aliphatic carbocycles. The van der Waals surface area contributed by atoms with Gasteiger partial charge in [0.1, 0.15) is 0 Å². The Morgan fingerprint density at radius 2 is 1.88 bits per heavy atom. The molecule has 1 aromatic heterocycles. The van der Waals surface area contributed by atoms with Gasteiger partial charge in [0, 0.05) is 78.5 Å². The van der Waals surface area contributed by atoms with Gasteiger partial charge in [-0.2, -0.15) is 0 Å². The molecule has 8 nitrogen and oxygen atoms in total. The van der Waals surface area contributed by atoms with E-state index in [1.165, 1.54) is 26.2 Å². The summed E-state index contributed by atoms with van der Waals surface area (Å²) in [4.78, 5) is 26.0. The first kappa shape index (κ1) is 17.4. The lowest BCUT2D eigenvalue weighted by molar-refractivity contribution is 0.0151. The Kier molecular flexibility index (Phi) is 5.12. The zero-order valence-electron chi connectivity index (χ0n) is 15.4. The molecule has 0 saturated carbocycles. The molecule has 1 unspecified atom stereocenters. The smallest absolute Gasteiger partial charge is 0.289 e. The van der Waals surface area contributed by atoms with Crippen LogP contribution in [0.3, 0.4) is 0 Å². The van der Waals surface area contributed by atoms with Crippen molar-refractivity contribution in [1.82, 2.24) is 24.9 Å². The molecule has 1 amide bonds. The van der Waals surface area contributed by atoms with Gasteiger partial charge >= 0.3 is 0 Å². The van der Waals surface area contributed by atoms with E-state index in [1.807, 2.05) is 11.9 Å². The van der Waals surface area contributed by atoms with E-state index in [4.69, 9.17) is 4.42 Å². The number of fused-ring (bicyclic) bond motifs is 3. The Morgan fingerprint density at radius 3 is 2.46 bits per heavy atom. The third-order valence-electron chi connectivity index (χ3n) is 5.70. The van der Waals surface area contributed by atoms with Crippen LogP contribution in [0.15, 0.2) is 27.8 Å². The first-order valence-corrected chi connectivity index (χ1v) is 9.49. The van der Waals surface area contributed by atoms with Crippen molar-refractivity contribution >= 4 is 11.9 Å². The molecular formula is C18H28N6O2. The molecule has 0 aromatic carbocycles. The van der Waals surface area contributed by atoms with Crippen LogP contribution in [0, 0.1) is 0 Å². The molecule has 1 N–H and O–H groups in total. The zero-order chi connectivity index (χ0) is 17.9. The minimum absolute atomic E-state index is 0.0299. The zero-order valence-corrected chi connectivity index (χ0v) is 15.4. The van der Waals surface area contributed by atoms with Gasteiger partial charge in [-0.3, -0.25) is 19.6 Å². The molecule has 4 aliphatic heterocycles. The number of hydrogen-bond donors (Lipinski definition) is 1. The van der Waals surface area contributed by atoms with E-state index in [0.717, 1.165) is 32.1 Å². The molecule has 5 heterocycles. The molecule has 4 aliphatic rings. The number of guanidine groups is 1. The molecule has 4 saturated heterocycles. The van der Waals surface area contributed by atoms with Gasteiger partial charge in [-0.15, -0.1) is 0 Å². The minimum atomic E-state index is -0.0299. The summed E-state index contributed by atoms with van der Waals surface area (Å²) < 4.78 is 5.22. The van der Waals surface area contributed by atoms with Crippen molar-refractivity contribution in [2.75, 3.05) is 72.5 Å². The van der Waals surface area contributed by atoms with Gasteiger partial charge in [0.2, 0.25) is 0 Å². The van der Waals surface area contributed by atoms with E-state index >= 15 is 0 Å². The Bertz CT molecular complexity index is 630. The van der Waals surface area contributed by atoms with Crippen molar-refractivity contribution in [3.63, 3.8) is 0 Å². The van der Waals surface area contributed by atoms with Crippen molar-refractivity contribution in [3.05, 3.63) is 24.2 Å². The molecule has 2 bridgehead atoms. The van der Waals surface area contributed by atoms with E-state index in [2.05, 4.69) is 25.0 Å². The van der Waals surface area contributed by atoms with Crippen LogP contribution in [-0.4, -0.2) is 110 Å². The number of carbonyl (C=O) groups excluding carboxylic acids is 1. The van der Waals surface area contributed by atoms with Gasteiger partial charge in [-0.05, 0) is 12.1 Å². The molecule has 1 atom stereocenters. The van der Waals surface area contributed by atoms with Crippen molar-refractivity contribution in [1.29, 1.82) is 0 Å². The Morgan fingerprint density at radius 1 is 1.15 bits per heavy atom. The molecule has 4 fully saturated rings. The highest BCUT2D eigenvalue weighted by Gasteiger charge is 2.32. The van der Waals surface area contributed by atoms with Crippen LogP contribution >= 0.6 is 0 Å². The monoisotopic (exact) mass is 360 g/mol. The van der Waals surface area contributed by atoms with Gasteiger partial charge in [0.25, 0.3) is 5.91 Å². The van der Waals surface area contributed by atoms with Crippen LogP contribution in [0.5, 0.6) is 0 Å². The largest absolute Gasteiger partial charge is 0.459 e. The molecule has 142 valence electrons. The highest BCUT2D eigenvalue weighted by molar-refractivity contribution is 5.91. The topological polar surface area (TPSA) is 67.6 Å². The normalized spacial score (nSPS) is 29.1. The highest BCUT2D eigenvalue weighted by atomic mass is 16.3. The van der Waals surface area contributed by atoms with Crippen molar-refractivity contribution in [3.8, 4) is 0 Å². The first-order valence-electron chi connectivity index (χ1n) is 9.49. The number of aliphatic imine (C=N–C) groups is 1. The van der Waals surface area contributed by atoms with Crippen LogP contribution < -0.4 is 5.32 Å². The maximum absolute atomic E-state index is 12.4. The maximum Gasteiger partial charge on any atom is 0.289 e. The summed E-state index contributed by atoms with van der Waals surface area (Å²) in [5.41, 5.74) is 0. The molecular weight excluding hydrogens is 332 g/mol. The molecule has 26 heavy (non-hydrogen) atoms. The van der Waals surface area contributed by atoms with Crippen molar-refractivity contribution < 1.29 is 9.21 Å². The molecule has 0 spiro atoms. The standard InChI is InChI=1S/C18H28N6O2/c1-19-18(20-13-15-14-21-4-6-22(15)7-5-21)24-10-8-23(9-11-24)17(25)16-3-2-12-26-16/h2-3,12,15H,4-11,13-14H2,1H3,(H,19,20). The average Bonchev–Trinajstić information content (AvgIpc) is 3.24. The SMILES string of the molecule is CN=C(NCC1CN2CCN1CC2)N1CCN(C(=O)c2ccco2)CC1. The number of rotatable bonds is 3. The molecule has 5 rings (SSSR count). The van der Waals surface area contributed by atoms with Crippen LogP contribution in [0.1, 0.15) is 10.6 Å². The Labute approximate surface area is 154 Å². The van der Waals surface area contributed by atoms with Crippen LogP contribution in [-0.2, 0) is 0 Å². The van der Waals surface area contributed by atoms with Crippen molar-refractivity contribution in [2.24, 2.45) is 4.99 Å². The lowest BCUT2D eigenvalue weighted by Crippen LogP contribution is -2.64. The molecule has 1 aromatic rings. The molecule has 8 heteroatoms. The van der Waals surface area contributed by atoms with Gasteiger partial charge in [-0.1, -0.05) is 0 Å². The number of nitrogens with one attached hydrogen (secondary N) is 1. The number of piperazine rings is 4. The summed E-state index contributed by atoms with van der Waals surface area (Å²) in [6.07, 6.45) is 1.54. The molecule has 0 radical (unpaired) electrons. The van der Waals surface area contributed by atoms with E-state index in [1.54, 1.807) is 18.4 Å². The van der Waals surface area contributed by atoms with E-state index in [9.17, 15) is 4.79 Å². The lowest BCUT2D eigenvalue weighted by Gasteiger charge is -2.47. The average molecular weight is 360 g/mol. The third kappa shape index (κ3) is 3.57. The van der Waals surface area contributed by atoms with Gasteiger partial charge in [0.15, 0.2) is 11.7 Å². The van der Waals surface area contributed by atoms with Crippen LogP contribution in [0.2, 0.25) is 0 Å². The van der Waals surface area contributed by atoms with E-state index in [0.29, 0.717) is 24.9 Å². The number of furan rings is 1. The Balaban J connectivity index is 1.27. The van der Waals surface area contributed by atoms with Crippen molar-refractivity contribution in [2.45, 2.75) is 6.04 Å². The summed E-state index contributed by atoms with van der Waals surface area (Å²) in [6.45, 7) is 9.78. The first-order chi connectivity index (χ1) is 12.7. The highest BCUT2D eigenvalue weighted by Crippen LogP contribution is 2.15. The van der Waals surface area contributed by atoms with E-state index in [-0.39, 0.29) is 5.91 Å². The second kappa shape index (κ2) is 7.67.